The van der Waals surface area contributed by atoms with Crippen LogP contribution in [0.1, 0.15) is 76.0 Å². The van der Waals surface area contributed by atoms with Crippen LogP contribution in [0.15, 0.2) is 0 Å². The minimum atomic E-state index is -0.168. The fourth-order valence-corrected chi connectivity index (χ4v) is 4.89. The van der Waals surface area contributed by atoms with E-state index in [1.165, 1.54) is 30.4 Å². The first-order valence-electron chi connectivity index (χ1n) is 8.32. The minimum absolute atomic E-state index is 0.168. The van der Waals surface area contributed by atoms with Crippen LogP contribution in [0.25, 0.3) is 0 Å². The van der Waals surface area contributed by atoms with Crippen LogP contribution in [0.4, 0.5) is 4.39 Å². The van der Waals surface area contributed by atoms with Gasteiger partial charge in [-0.15, -0.1) is 0 Å². The van der Waals surface area contributed by atoms with Crippen LogP contribution in [0, 0.1) is 5.95 Å². The third-order valence-corrected chi connectivity index (χ3v) is 6.38. The Hall–Kier alpha value is -0.121. The quantitative estimate of drug-likeness (QED) is 0.469. The van der Waals surface area contributed by atoms with Gasteiger partial charge in [-0.2, -0.15) is 0 Å². The molecule has 0 saturated heterocycles. The van der Waals surface area contributed by atoms with Crippen molar-refractivity contribution >= 4 is 26.2 Å². The maximum atomic E-state index is 14.3. The molecule has 1 nitrogen and oxygen atoms in total. The topological polar surface area (TPSA) is 12.9 Å². The molecule has 0 aliphatic carbocycles. The summed E-state index contributed by atoms with van der Waals surface area (Å²) in [5, 5.41) is 0. The molecule has 1 aromatic heterocycles. The molecule has 0 unspecified atom stereocenters. The normalized spacial score (nSPS) is 11.2. The zero-order valence-corrected chi connectivity index (χ0v) is 19.4. The average Bonchev–Trinajstić information content (AvgIpc) is 2.43. The van der Waals surface area contributed by atoms with Gasteiger partial charge < -0.3 is 0 Å². The summed E-state index contributed by atoms with van der Waals surface area (Å²) in [4.78, 5) is 4.27. The van der Waals surface area contributed by atoms with E-state index >= 15 is 0 Å². The van der Waals surface area contributed by atoms with Gasteiger partial charge >= 0.3 is 137 Å². The molecule has 0 aromatic carbocycles. The van der Waals surface area contributed by atoms with E-state index in [9.17, 15) is 4.39 Å². The monoisotopic (exact) mass is 387 g/mol. The molecule has 114 valence electrons. The summed E-state index contributed by atoms with van der Waals surface area (Å²) in [5.74, 6) is -0.168. The van der Waals surface area contributed by atoms with Crippen LogP contribution in [-0.2, 0) is 19.3 Å². The first-order valence-corrected chi connectivity index (χ1v) is 11.2. The Labute approximate surface area is 136 Å². The van der Waals surface area contributed by atoms with E-state index in [0.29, 0.717) is 0 Å². The van der Waals surface area contributed by atoms with Gasteiger partial charge in [0.2, 0.25) is 0 Å². The van der Waals surface area contributed by atoms with Crippen molar-refractivity contribution in [3.63, 3.8) is 0 Å². The van der Waals surface area contributed by atoms with Gasteiger partial charge in [-0.25, -0.2) is 0 Å². The molecule has 1 rings (SSSR count). The summed E-state index contributed by atoms with van der Waals surface area (Å²) in [5.41, 5.74) is 3.68. The van der Waals surface area contributed by atoms with E-state index in [-0.39, 0.29) is 28.5 Å². The van der Waals surface area contributed by atoms with Crippen LogP contribution in [-0.4, -0.2) is 27.5 Å². The molecule has 1 aromatic rings. The summed E-state index contributed by atoms with van der Waals surface area (Å²) in [7, 11) is 0. The molecule has 1 heterocycles. The number of hydrogen-bond acceptors (Lipinski definition) is 1. The summed E-state index contributed by atoms with van der Waals surface area (Å²) in [6, 6.07) is 0. The predicted molar refractivity (Wildman–Crippen MR) is 89.6 cm³/mol. The fraction of sp³-hybridized carbons (Fsp3) is 0.706. The van der Waals surface area contributed by atoms with Crippen molar-refractivity contribution in [3.8, 4) is 0 Å². The van der Waals surface area contributed by atoms with Crippen molar-refractivity contribution in [2.45, 2.75) is 78.6 Å². The Kier molecular flexibility index (Phi) is 8.74. The molecule has 0 amide bonds. The first kappa shape index (κ1) is 17.9. The van der Waals surface area contributed by atoms with Crippen LogP contribution >= 0.6 is 0 Å². The summed E-state index contributed by atoms with van der Waals surface area (Å²) >= 11 is 0.279. The number of halogens is 1. The average molecular weight is 386 g/mol. The fourth-order valence-electron chi connectivity index (χ4n) is 2.76. The van der Waals surface area contributed by atoms with E-state index in [1.54, 1.807) is 0 Å². The molecule has 0 bridgehead atoms. The molecule has 0 N–H and O–H groups in total. The van der Waals surface area contributed by atoms with Crippen molar-refractivity contribution in [2.24, 2.45) is 0 Å². The van der Waals surface area contributed by atoms with Gasteiger partial charge in [0.1, 0.15) is 0 Å². The molecule has 3 heteroatoms. The number of nitrogens with zero attached hydrogens (tertiary/aromatic N) is 1. The van der Waals surface area contributed by atoms with Crippen LogP contribution in [0.3, 0.4) is 0 Å². The zero-order valence-electron chi connectivity index (χ0n) is 13.7. The number of rotatable bonds is 9. The molecule has 0 saturated carbocycles. The number of hydrogen-bond donors (Lipinski definition) is 0. The Morgan fingerprint density at radius 3 is 1.75 bits per heavy atom. The number of pyridine rings is 1. The Bertz CT molecular complexity index is 386. The summed E-state index contributed by atoms with van der Waals surface area (Å²) < 4.78 is 15.4. The molecule has 0 aliphatic rings. The number of unbranched alkanes of at least 4 members (excludes halogenated alkanes) is 3. The molecule has 20 heavy (non-hydrogen) atoms. The SMILES string of the molecule is CCCCc1c(F)n[c]([SnH3])c(CCCC)c1CCCC. The van der Waals surface area contributed by atoms with E-state index < -0.39 is 0 Å². The second-order valence-electron chi connectivity index (χ2n) is 5.73. The molecule has 0 atom stereocenters. The molecular weight excluding hydrogens is 356 g/mol. The standard InChI is InChI=1S/C17H27FN.Sn.3H/c1-4-7-10-14-13-19-17(18)16(12-9-6-3)15(14)11-8-5-2;;;;/h4-12H2,1-3H3;;;;. The van der Waals surface area contributed by atoms with E-state index in [4.69, 9.17) is 0 Å². The van der Waals surface area contributed by atoms with Gasteiger partial charge in [0, 0.05) is 0 Å². The van der Waals surface area contributed by atoms with Crippen molar-refractivity contribution in [2.75, 3.05) is 0 Å². The van der Waals surface area contributed by atoms with Crippen LogP contribution in [0.5, 0.6) is 0 Å². The van der Waals surface area contributed by atoms with Gasteiger partial charge in [0.05, 0.1) is 0 Å². The van der Waals surface area contributed by atoms with Gasteiger partial charge in [-0.05, 0) is 0 Å². The Morgan fingerprint density at radius 2 is 1.25 bits per heavy atom. The van der Waals surface area contributed by atoms with Gasteiger partial charge in [0.15, 0.2) is 0 Å². The molecule has 0 aliphatic heterocycles. The molecular formula is C17H30FNSn. The van der Waals surface area contributed by atoms with Gasteiger partial charge in [-0.1, -0.05) is 0 Å². The van der Waals surface area contributed by atoms with Crippen molar-refractivity contribution in [1.82, 2.24) is 4.98 Å². The summed E-state index contributed by atoms with van der Waals surface area (Å²) in [6.07, 6.45) is 9.93. The predicted octanol–water partition coefficient (Wildman–Crippen LogP) is 3.24. The van der Waals surface area contributed by atoms with Gasteiger partial charge in [-0.3, -0.25) is 0 Å². The second kappa shape index (κ2) is 9.75. The molecule has 0 spiro atoms. The van der Waals surface area contributed by atoms with E-state index in [2.05, 4.69) is 25.8 Å². The second-order valence-corrected chi connectivity index (χ2v) is 8.44. The molecule has 0 radical (unpaired) electrons. The van der Waals surface area contributed by atoms with E-state index in [1.807, 2.05) is 0 Å². The third kappa shape index (κ3) is 5.01. The van der Waals surface area contributed by atoms with Crippen LogP contribution in [0.2, 0.25) is 0 Å². The van der Waals surface area contributed by atoms with E-state index in [0.717, 1.165) is 47.8 Å². The van der Waals surface area contributed by atoms with Gasteiger partial charge in [0.25, 0.3) is 0 Å². The van der Waals surface area contributed by atoms with Crippen molar-refractivity contribution in [1.29, 1.82) is 0 Å². The maximum absolute atomic E-state index is 14.3. The first-order chi connectivity index (χ1) is 9.65. The number of aromatic nitrogens is 1. The zero-order chi connectivity index (χ0) is 15.0. The molecule has 0 fully saturated rings. The summed E-state index contributed by atoms with van der Waals surface area (Å²) in [6.45, 7) is 6.60. The Morgan fingerprint density at radius 1 is 0.800 bits per heavy atom. The Balaban J connectivity index is 3.16. The third-order valence-electron chi connectivity index (χ3n) is 4.02. The van der Waals surface area contributed by atoms with Crippen LogP contribution < -0.4 is 3.71 Å². The van der Waals surface area contributed by atoms with Crippen molar-refractivity contribution in [3.05, 3.63) is 22.6 Å². The van der Waals surface area contributed by atoms with Crippen molar-refractivity contribution < 1.29 is 4.39 Å².